The van der Waals surface area contributed by atoms with Crippen molar-refractivity contribution in [2.75, 3.05) is 0 Å². The Morgan fingerprint density at radius 2 is 0.581 bits per heavy atom. The molecule has 74 heavy (non-hydrogen) atoms. The summed E-state index contributed by atoms with van der Waals surface area (Å²) in [4.78, 5) is 15.2. The maximum absolute atomic E-state index is 15.2. The Bertz CT molecular complexity index is 3020. The molecule has 3 nitrogen and oxygen atoms in total. The third-order valence-corrected chi connectivity index (χ3v) is 19.3. The average Bonchev–Trinajstić information content (AvgIpc) is 3.41. The zero-order chi connectivity index (χ0) is 51.6. The van der Waals surface area contributed by atoms with E-state index in [1.54, 1.807) is 0 Å². The second kappa shape index (κ2) is 26.7. The van der Waals surface area contributed by atoms with Crippen LogP contribution in [0.15, 0.2) is 53.3 Å². The predicted molar refractivity (Wildman–Crippen MR) is 335 cm³/mol. The fraction of sp³-hybridized carbons (Fsp3) is 0.588. The van der Waals surface area contributed by atoms with Crippen LogP contribution in [0, 0.1) is 25.8 Å². The van der Waals surface area contributed by atoms with Gasteiger partial charge in [-0.1, -0.05) is 268 Å². The molecule has 0 amide bonds. The zero-order valence-electron chi connectivity index (χ0n) is 46.3. The molecule has 9 aromatic rings. The highest BCUT2D eigenvalue weighted by molar-refractivity contribution is 7.72. The van der Waals surface area contributed by atoms with Gasteiger partial charge in [-0.25, -0.2) is 0 Å². The van der Waals surface area contributed by atoms with Crippen molar-refractivity contribution in [2.24, 2.45) is 11.8 Å². The summed E-state index contributed by atoms with van der Waals surface area (Å²) in [5.41, 5.74) is 0.0870. The molecule has 2 heterocycles. The first-order valence-electron chi connectivity index (χ1n) is 30.8. The first kappa shape index (κ1) is 55.2. The van der Waals surface area contributed by atoms with E-state index in [9.17, 15) is 0 Å². The summed E-state index contributed by atoms with van der Waals surface area (Å²) in [5, 5.41) is 18.7. The molecule has 9 rings (SSSR count). The first-order valence-corrected chi connectivity index (χ1v) is 32.0. The monoisotopic (exact) mass is 1050 g/mol. The molecule has 0 N–H and O–H groups in total. The Morgan fingerprint density at radius 1 is 0.324 bits per heavy atom. The second-order valence-corrected chi connectivity index (χ2v) is 24.7. The Hall–Kier alpha value is -3.58. The van der Waals surface area contributed by atoms with Crippen molar-refractivity contribution in [3.05, 3.63) is 72.8 Å². The van der Waals surface area contributed by atoms with Gasteiger partial charge in [-0.15, -0.1) is 0 Å². The smallest absolute Gasteiger partial charge is 0.259 e. The topological polar surface area (TPSA) is 26.9 Å². The van der Waals surface area contributed by atoms with Crippen LogP contribution in [0.5, 0.6) is 0 Å². The van der Waals surface area contributed by atoms with Crippen LogP contribution < -0.4 is 5.56 Å². The van der Waals surface area contributed by atoms with Gasteiger partial charge in [0.25, 0.3) is 5.56 Å². The van der Waals surface area contributed by atoms with Gasteiger partial charge < -0.3 is 4.57 Å². The molecule has 0 spiro atoms. The maximum Gasteiger partial charge on any atom is 0.259 e. The molecule has 0 bridgehead atoms. The third kappa shape index (κ3) is 11.8. The van der Waals surface area contributed by atoms with Crippen LogP contribution in [0.1, 0.15) is 233 Å². The van der Waals surface area contributed by atoms with Gasteiger partial charge in [0.15, 0.2) is 0 Å². The van der Waals surface area contributed by atoms with Crippen molar-refractivity contribution in [3.63, 3.8) is 0 Å². The van der Waals surface area contributed by atoms with Crippen molar-refractivity contribution in [2.45, 2.75) is 246 Å². The minimum Gasteiger partial charge on any atom is -0.322 e. The van der Waals surface area contributed by atoms with Crippen LogP contribution >= 0.6 is 36.7 Å². The summed E-state index contributed by atoms with van der Waals surface area (Å²) in [5.74, 6) is 1.00. The summed E-state index contributed by atoms with van der Waals surface area (Å²) >= 11 is 19.8. The quantitative estimate of drug-likeness (QED) is 0.0169. The molecule has 0 fully saturated rings. The summed E-state index contributed by atoms with van der Waals surface area (Å²) in [6.45, 7) is 10.8. The van der Waals surface area contributed by atoms with E-state index in [1.165, 1.54) is 253 Å². The van der Waals surface area contributed by atoms with Crippen LogP contribution in [-0.4, -0.2) is 9.13 Å². The molecular formula is C68H90N2OS3. The molecule has 7 aromatic carbocycles. The van der Waals surface area contributed by atoms with Crippen molar-refractivity contribution in [3.8, 4) is 0 Å². The van der Waals surface area contributed by atoms with Crippen molar-refractivity contribution < 1.29 is 0 Å². The highest BCUT2D eigenvalue weighted by Gasteiger charge is 2.27. The molecule has 2 atom stereocenters. The number of unbranched alkanes of at least 4 members (excludes halogenated alkanes) is 24. The van der Waals surface area contributed by atoms with E-state index in [4.69, 9.17) is 36.7 Å². The SMILES string of the molecule is CCCCCCCCCCC(CCCCCCCC)Cn1c(=O)c2cc3ccc4cc5c(=S)n(CC(CCCCCCCC)CCCCCCCCCC)c(=S)c6cc7ccc8cc(c1=S)c2c1c3c4c(c56)c7c81. The molecule has 6 heteroatoms. The van der Waals surface area contributed by atoms with Gasteiger partial charge in [0.2, 0.25) is 0 Å². The summed E-state index contributed by atoms with van der Waals surface area (Å²) in [7, 11) is 0. The second-order valence-electron chi connectivity index (χ2n) is 23.5. The van der Waals surface area contributed by atoms with Gasteiger partial charge in [0, 0.05) is 56.2 Å². The van der Waals surface area contributed by atoms with E-state index in [-0.39, 0.29) is 5.56 Å². The van der Waals surface area contributed by atoms with Crippen LogP contribution in [0.4, 0.5) is 0 Å². The van der Waals surface area contributed by atoms with E-state index in [0.29, 0.717) is 23.0 Å². The van der Waals surface area contributed by atoms with Gasteiger partial charge in [0.05, 0.1) is 0 Å². The van der Waals surface area contributed by atoms with Crippen LogP contribution in [0.3, 0.4) is 0 Å². The first-order chi connectivity index (χ1) is 36.3. The van der Waals surface area contributed by atoms with Crippen LogP contribution in [0.25, 0.3) is 86.2 Å². The highest BCUT2D eigenvalue weighted by atomic mass is 32.1. The number of hydrogen-bond donors (Lipinski definition) is 0. The molecule has 0 saturated heterocycles. The maximum atomic E-state index is 15.2. The number of aromatic nitrogens is 2. The predicted octanol–water partition coefficient (Wildman–Crippen LogP) is 23.0. The van der Waals surface area contributed by atoms with Gasteiger partial charge in [0.1, 0.15) is 13.9 Å². The molecule has 0 saturated carbocycles. The molecule has 396 valence electrons. The highest BCUT2D eigenvalue weighted by Crippen LogP contribution is 2.52. The number of nitrogens with zero attached hydrogens (tertiary/aromatic N) is 2. The molecule has 0 aliphatic rings. The molecule has 2 unspecified atom stereocenters. The van der Waals surface area contributed by atoms with Crippen molar-refractivity contribution in [1.82, 2.24) is 9.13 Å². The fourth-order valence-corrected chi connectivity index (χ4v) is 14.9. The summed E-state index contributed by atoms with van der Waals surface area (Å²) in [6, 6.07) is 18.6. The number of rotatable bonds is 36. The normalized spacial score (nSPS) is 13.5. The minimum atomic E-state index is 0.0870. The van der Waals surface area contributed by atoms with E-state index < -0.39 is 0 Å². The van der Waals surface area contributed by atoms with Gasteiger partial charge in [-0.2, -0.15) is 0 Å². The minimum absolute atomic E-state index is 0.0870. The Balaban J connectivity index is 1.09. The van der Waals surface area contributed by atoms with E-state index in [2.05, 4.69) is 80.8 Å². The van der Waals surface area contributed by atoms with Crippen LogP contribution in [-0.2, 0) is 13.1 Å². The lowest BCUT2D eigenvalue weighted by atomic mass is 9.80. The molecular weight excluding hydrogens is 957 g/mol. The molecule has 0 aliphatic carbocycles. The Morgan fingerprint density at radius 3 is 0.905 bits per heavy atom. The van der Waals surface area contributed by atoms with E-state index >= 15 is 4.79 Å². The Labute approximate surface area is 459 Å². The fourth-order valence-electron chi connectivity index (χ4n) is 13.8. The Kier molecular flexibility index (Phi) is 19.9. The lowest BCUT2D eigenvalue weighted by molar-refractivity contribution is 0.352. The summed E-state index contributed by atoms with van der Waals surface area (Å²) in [6.07, 6.45) is 41.8. The standard InChI is InChI=1S/C68H90N2OS3/c1-5-9-13-17-21-23-27-31-34-47(33-29-25-19-15-11-7-3)45-69-65(71)53-41-49-37-38-51-43-55-62-56(44-52-40-39-50-42-54(66(69)72)61(53)63-57(49)59(51)64(62)60(52)58(50)63)68(74)70(67(55)73)46-48(35-30-26-20-16-12-8-4)36-32-28-24-22-18-14-10-6-2/h37-44,47-48H,5-36,45-46H2,1-4H3. The largest absolute Gasteiger partial charge is 0.322 e. The number of hydrogen-bond acceptors (Lipinski definition) is 4. The summed E-state index contributed by atoms with van der Waals surface area (Å²) < 4.78 is 6.90. The van der Waals surface area contributed by atoms with Gasteiger partial charge in [-0.05, 0) is 105 Å². The third-order valence-electron chi connectivity index (χ3n) is 18.0. The molecule has 0 radical (unpaired) electrons. The van der Waals surface area contributed by atoms with Gasteiger partial charge in [-0.3, -0.25) is 9.36 Å². The average molecular weight is 1050 g/mol. The lowest BCUT2D eigenvalue weighted by Crippen LogP contribution is -2.25. The van der Waals surface area contributed by atoms with Crippen molar-refractivity contribution >= 4 is 123 Å². The molecule has 0 aliphatic heterocycles. The zero-order valence-corrected chi connectivity index (χ0v) is 48.8. The van der Waals surface area contributed by atoms with Crippen LogP contribution in [0.2, 0.25) is 0 Å². The van der Waals surface area contributed by atoms with Gasteiger partial charge >= 0.3 is 0 Å². The van der Waals surface area contributed by atoms with E-state index in [0.717, 1.165) is 54.6 Å². The molecule has 2 aromatic heterocycles. The lowest BCUT2D eigenvalue weighted by Gasteiger charge is -2.25. The van der Waals surface area contributed by atoms with E-state index in [1.807, 2.05) is 4.57 Å². The number of pyridine rings is 2. The van der Waals surface area contributed by atoms with Crippen molar-refractivity contribution in [1.29, 1.82) is 0 Å². The number of benzene rings is 7.